The van der Waals surface area contributed by atoms with Crippen molar-refractivity contribution in [1.29, 1.82) is 0 Å². The minimum absolute atomic E-state index is 0. The van der Waals surface area contributed by atoms with E-state index in [9.17, 15) is 4.79 Å². The van der Waals surface area contributed by atoms with E-state index >= 15 is 0 Å². The van der Waals surface area contributed by atoms with Crippen LogP contribution in [0.1, 0.15) is 12.8 Å². The van der Waals surface area contributed by atoms with Gasteiger partial charge in [0, 0.05) is 6.61 Å². The van der Waals surface area contributed by atoms with Crippen LogP contribution in [-0.4, -0.2) is 18.7 Å². The molecule has 1 atom stereocenters. The molecule has 3 fully saturated rings. The standard InChI is InChI=1S/C10H12NO2.C5H5.Fe/c12-10(8-4-1-2-5-8)11-9-6-3-7-13-9;1-2-4-5-3-1;/h1-2,4-5,9H,3,6-7H2,(H,11,12);1-5H;/q;;+2. The van der Waals surface area contributed by atoms with Crippen LogP contribution in [0.3, 0.4) is 0 Å². The zero-order valence-electron chi connectivity index (χ0n) is 10.6. The number of rotatable bonds is 2. The van der Waals surface area contributed by atoms with Gasteiger partial charge in [-0.1, -0.05) is 0 Å². The molecule has 1 aliphatic heterocycles. The molecule has 3 aliphatic rings. The first-order valence-electron chi connectivity index (χ1n) is 6.17. The van der Waals surface area contributed by atoms with Crippen molar-refractivity contribution in [1.82, 2.24) is 5.32 Å². The van der Waals surface area contributed by atoms with Crippen molar-refractivity contribution in [2.45, 2.75) is 19.1 Å². The Labute approximate surface area is 127 Å². The van der Waals surface area contributed by atoms with Crippen LogP contribution in [-0.2, 0) is 26.6 Å². The molecular formula is C15H17FeNO2+2. The molecule has 0 bridgehead atoms. The Morgan fingerprint density at radius 3 is 2.11 bits per heavy atom. The van der Waals surface area contributed by atoms with Crippen LogP contribution >= 0.6 is 0 Å². The van der Waals surface area contributed by atoms with E-state index in [0.717, 1.165) is 19.4 Å². The summed E-state index contributed by atoms with van der Waals surface area (Å²) in [7, 11) is 0. The summed E-state index contributed by atoms with van der Waals surface area (Å²) in [4.78, 5) is 11.5. The molecule has 0 aromatic carbocycles. The molecule has 1 heterocycles. The number of amides is 1. The number of carbonyl (C=O) groups excluding carboxylic acids is 1. The first-order valence-corrected chi connectivity index (χ1v) is 6.17. The van der Waals surface area contributed by atoms with Crippen molar-refractivity contribution in [2.75, 3.05) is 6.61 Å². The average Bonchev–Trinajstić information content (AvgIpc) is 3.15. The van der Waals surface area contributed by atoms with Gasteiger partial charge < -0.3 is 10.1 Å². The fraction of sp³-hybridized carbons (Fsp3) is 0.267. The van der Waals surface area contributed by atoms with Crippen LogP contribution in [0.5, 0.6) is 0 Å². The maximum absolute atomic E-state index is 11.5. The van der Waals surface area contributed by atoms with E-state index in [2.05, 4.69) is 5.32 Å². The van der Waals surface area contributed by atoms with Crippen LogP contribution in [0, 0.1) is 63.7 Å². The largest absolute Gasteiger partial charge is 2.00 e. The van der Waals surface area contributed by atoms with Gasteiger partial charge in [-0.3, -0.25) is 4.79 Å². The third-order valence-corrected chi connectivity index (χ3v) is 2.70. The van der Waals surface area contributed by atoms with Gasteiger partial charge in [0.25, 0.3) is 0 Å². The monoisotopic (exact) mass is 299 g/mol. The van der Waals surface area contributed by atoms with Crippen molar-refractivity contribution < 1.29 is 26.6 Å². The maximum atomic E-state index is 11.5. The molecule has 2 aliphatic carbocycles. The van der Waals surface area contributed by atoms with E-state index in [1.54, 1.807) is 12.8 Å². The molecule has 3 rings (SSSR count). The second-order valence-corrected chi connectivity index (χ2v) is 4.11. The molecule has 0 aromatic heterocycles. The summed E-state index contributed by atoms with van der Waals surface area (Å²) in [6.45, 7) is 0.756. The van der Waals surface area contributed by atoms with E-state index < -0.39 is 0 Å². The summed E-state index contributed by atoms with van der Waals surface area (Å²) in [5.41, 5.74) is 0. The van der Waals surface area contributed by atoms with Gasteiger partial charge in [0.05, 0.1) is 5.92 Å². The molecule has 0 aromatic rings. The predicted molar refractivity (Wildman–Crippen MR) is 69.1 cm³/mol. The number of nitrogens with one attached hydrogen (secondary N) is 1. The second kappa shape index (κ2) is 9.79. The van der Waals surface area contributed by atoms with Crippen molar-refractivity contribution in [3.8, 4) is 0 Å². The topological polar surface area (TPSA) is 38.3 Å². The van der Waals surface area contributed by atoms with Crippen LogP contribution < -0.4 is 5.32 Å². The normalized spacial score (nSPS) is 26.4. The van der Waals surface area contributed by atoms with Crippen molar-refractivity contribution >= 4 is 5.91 Å². The molecule has 3 nitrogen and oxygen atoms in total. The average molecular weight is 299 g/mol. The molecule has 2 saturated carbocycles. The van der Waals surface area contributed by atoms with Gasteiger partial charge >= 0.3 is 17.1 Å². The Bertz CT molecular complexity index is 237. The van der Waals surface area contributed by atoms with Gasteiger partial charge in [-0.25, -0.2) is 0 Å². The van der Waals surface area contributed by atoms with E-state index in [-0.39, 0.29) is 29.2 Å². The van der Waals surface area contributed by atoms with E-state index in [0.29, 0.717) is 5.92 Å². The minimum Gasteiger partial charge on any atom is -0.359 e. The van der Waals surface area contributed by atoms with Crippen molar-refractivity contribution in [2.24, 2.45) is 0 Å². The SMILES string of the molecule is O=C(NC1CCCO1)[C]1[CH][CH][CH][CH]1.[CH]1[CH][CH][CH][CH]1.[Fe+2]. The Kier molecular flexibility index (Phi) is 8.76. The Morgan fingerprint density at radius 1 is 1.05 bits per heavy atom. The summed E-state index contributed by atoms with van der Waals surface area (Å²) >= 11 is 0. The summed E-state index contributed by atoms with van der Waals surface area (Å²) in [5.74, 6) is 0.660. The Hall–Kier alpha value is -0.0505. The fourth-order valence-corrected chi connectivity index (χ4v) is 1.77. The molecular weight excluding hydrogens is 282 g/mol. The van der Waals surface area contributed by atoms with E-state index in [4.69, 9.17) is 4.74 Å². The molecule has 1 unspecified atom stereocenters. The van der Waals surface area contributed by atoms with Crippen molar-refractivity contribution in [3.63, 3.8) is 0 Å². The maximum Gasteiger partial charge on any atom is 2.00 e. The van der Waals surface area contributed by atoms with E-state index in [1.165, 1.54) is 0 Å². The molecule has 1 amide bonds. The van der Waals surface area contributed by atoms with Gasteiger partial charge in [-0.15, -0.1) is 0 Å². The van der Waals surface area contributed by atoms with Gasteiger partial charge in [-0.05, 0) is 70.6 Å². The third kappa shape index (κ3) is 6.29. The Morgan fingerprint density at radius 2 is 1.63 bits per heavy atom. The van der Waals surface area contributed by atoms with Crippen LogP contribution in [0.2, 0.25) is 0 Å². The van der Waals surface area contributed by atoms with Gasteiger partial charge in [0.2, 0.25) is 5.91 Å². The molecule has 4 heteroatoms. The second-order valence-electron chi connectivity index (χ2n) is 4.11. The summed E-state index contributed by atoms with van der Waals surface area (Å²) in [6, 6.07) is 0. The number of ether oxygens (including phenoxy) is 1. The molecule has 19 heavy (non-hydrogen) atoms. The fourth-order valence-electron chi connectivity index (χ4n) is 1.77. The van der Waals surface area contributed by atoms with Crippen molar-refractivity contribution in [3.05, 3.63) is 63.7 Å². The van der Waals surface area contributed by atoms with Gasteiger partial charge in [0.1, 0.15) is 6.23 Å². The molecule has 1 saturated heterocycles. The molecule has 1 N–H and O–H groups in total. The van der Waals surface area contributed by atoms with Gasteiger partial charge in [0.15, 0.2) is 0 Å². The van der Waals surface area contributed by atoms with Crippen LogP contribution in [0.15, 0.2) is 0 Å². The quantitative estimate of drug-likeness (QED) is 0.788. The van der Waals surface area contributed by atoms with Gasteiger partial charge in [-0.2, -0.15) is 0 Å². The van der Waals surface area contributed by atoms with E-state index in [1.807, 2.05) is 44.9 Å². The van der Waals surface area contributed by atoms with Crippen LogP contribution in [0.25, 0.3) is 0 Å². The summed E-state index contributed by atoms with van der Waals surface area (Å²) < 4.78 is 5.29. The number of hydrogen-bond acceptors (Lipinski definition) is 2. The first-order chi connectivity index (χ1) is 8.86. The molecule has 100 valence electrons. The molecule has 0 spiro atoms. The predicted octanol–water partition coefficient (Wildman–Crippen LogP) is 1.66. The Balaban J connectivity index is 0.000000256. The molecule has 10 radical (unpaired) electrons. The smallest absolute Gasteiger partial charge is 0.359 e. The summed E-state index contributed by atoms with van der Waals surface area (Å²) in [6.07, 6.45) is 19.2. The first kappa shape index (κ1) is 17.0. The zero-order valence-corrected chi connectivity index (χ0v) is 11.7. The minimum atomic E-state index is -0.0811. The number of hydrogen-bond donors (Lipinski definition) is 1. The summed E-state index contributed by atoms with van der Waals surface area (Å²) in [5, 5.41) is 2.82. The van der Waals surface area contributed by atoms with Crippen LogP contribution in [0.4, 0.5) is 0 Å². The number of carbonyl (C=O) groups is 1. The third-order valence-electron chi connectivity index (χ3n) is 2.70. The zero-order chi connectivity index (χ0) is 12.6.